The summed E-state index contributed by atoms with van der Waals surface area (Å²) in [6, 6.07) is 13.7. The zero-order valence-corrected chi connectivity index (χ0v) is 15.2. The van der Waals surface area contributed by atoms with Crippen LogP contribution in [0, 0.1) is 11.6 Å². The van der Waals surface area contributed by atoms with Crippen molar-refractivity contribution < 1.29 is 18.3 Å². The van der Waals surface area contributed by atoms with Gasteiger partial charge in [0.2, 0.25) is 0 Å². The van der Waals surface area contributed by atoms with E-state index in [0.717, 1.165) is 0 Å². The molecule has 4 rings (SSSR count). The highest BCUT2D eigenvalue weighted by molar-refractivity contribution is 5.94. The Bertz CT molecular complexity index is 1180. The molecule has 1 amide bonds. The molecule has 2 heterocycles. The number of hydrogen-bond donors (Lipinski definition) is 1. The molecule has 6 nitrogen and oxygen atoms in total. The van der Waals surface area contributed by atoms with Crippen LogP contribution in [0.5, 0.6) is 5.75 Å². The van der Waals surface area contributed by atoms with E-state index in [0.29, 0.717) is 22.5 Å². The number of pyridine rings is 1. The standard InChI is InChI=1S/C21H16F2N4O2/c22-18-4-2-1-3-15(18)12-29-17-5-6-19(23)16(9-17)11-24-21(28)14-7-8-27-13-25-26-20(27)10-14/h1-10,13H,11-12H2,(H,24,28). The lowest BCUT2D eigenvalue weighted by molar-refractivity contribution is 0.0950. The number of fused-ring (bicyclic) bond motifs is 1. The van der Waals surface area contributed by atoms with E-state index in [1.807, 2.05) is 0 Å². The van der Waals surface area contributed by atoms with E-state index >= 15 is 0 Å². The van der Waals surface area contributed by atoms with Gasteiger partial charge in [-0.3, -0.25) is 9.20 Å². The van der Waals surface area contributed by atoms with Crippen LogP contribution in [-0.4, -0.2) is 20.5 Å². The van der Waals surface area contributed by atoms with Gasteiger partial charge < -0.3 is 10.1 Å². The second-order valence-electron chi connectivity index (χ2n) is 6.33. The Kier molecular flexibility index (Phi) is 5.15. The van der Waals surface area contributed by atoms with E-state index in [-0.39, 0.29) is 30.4 Å². The Labute approximate surface area is 164 Å². The van der Waals surface area contributed by atoms with E-state index in [4.69, 9.17) is 4.74 Å². The maximum atomic E-state index is 14.1. The molecule has 8 heteroatoms. The van der Waals surface area contributed by atoms with E-state index in [9.17, 15) is 13.6 Å². The van der Waals surface area contributed by atoms with E-state index in [2.05, 4.69) is 15.5 Å². The molecule has 4 aromatic rings. The molecule has 0 saturated heterocycles. The SMILES string of the molecule is O=C(NCc1cc(OCc2ccccc2F)ccc1F)c1ccn2cnnc2c1. The third-order valence-corrected chi connectivity index (χ3v) is 4.37. The summed E-state index contributed by atoms with van der Waals surface area (Å²) in [4.78, 5) is 12.4. The molecule has 0 radical (unpaired) electrons. The predicted octanol–water partition coefficient (Wildman–Crippen LogP) is 3.52. The van der Waals surface area contributed by atoms with Gasteiger partial charge in [0.1, 0.15) is 30.3 Å². The lowest BCUT2D eigenvalue weighted by Crippen LogP contribution is -2.23. The second kappa shape index (κ2) is 8.05. The molecule has 2 aromatic heterocycles. The first-order valence-electron chi connectivity index (χ1n) is 8.82. The lowest BCUT2D eigenvalue weighted by Gasteiger charge is -2.11. The molecule has 0 aliphatic carbocycles. The zero-order valence-electron chi connectivity index (χ0n) is 15.2. The Morgan fingerprint density at radius 2 is 1.86 bits per heavy atom. The molecule has 0 aliphatic rings. The Morgan fingerprint density at radius 1 is 1.03 bits per heavy atom. The van der Waals surface area contributed by atoms with Crippen molar-refractivity contribution in [2.45, 2.75) is 13.2 Å². The third-order valence-electron chi connectivity index (χ3n) is 4.37. The van der Waals surface area contributed by atoms with Crippen molar-refractivity contribution in [3.05, 3.63) is 95.4 Å². The van der Waals surface area contributed by atoms with Gasteiger partial charge in [-0.15, -0.1) is 10.2 Å². The van der Waals surface area contributed by atoms with Crippen molar-refractivity contribution in [3.63, 3.8) is 0 Å². The van der Waals surface area contributed by atoms with Gasteiger partial charge in [0.05, 0.1) is 0 Å². The number of benzene rings is 2. The molecule has 0 saturated carbocycles. The van der Waals surface area contributed by atoms with Gasteiger partial charge in [0.15, 0.2) is 5.65 Å². The van der Waals surface area contributed by atoms with Crippen molar-refractivity contribution in [1.29, 1.82) is 0 Å². The second-order valence-corrected chi connectivity index (χ2v) is 6.33. The minimum atomic E-state index is -0.476. The molecular weight excluding hydrogens is 378 g/mol. The van der Waals surface area contributed by atoms with Crippen LogP contribution in [0.3, 0.4) is 0 Å². The smallest absolute Gasteiger partial charge is 0.251 e. The van der Waals surface area contributed by atoms with Gasteiger partial charge >= 0.3 is 0 Å². The highest BCUT2D eigenvalue weighted by Gasteiger charge is 2.11. The van der Waals surface area contributed by atoms with Gasteiger partial charge in [-0.2, -0.15) is 0 Å². The highest BCUT2D eigenvalue weighted by Crippen LogP contribution is 2.19. The fourth-order valence-corrected chi connectivity index (χ4v) is 2.79. The number of carbonyl (C=O) groups excluding carboxylic acids is 1. The van der Waals surface area contributed by atoms with Crippen LogP contribution in [0.4, 0.5) is 8.78 Å². The average molecular weight is 394 g/mol. The molecule has 0 bridgehead atoms. The van der Waals surface area contributed by atoms with Crippen LogP contribution in [0.2, 0.25) is 0 Å². The van der Waals surface area contributed by atoms with Crippen LogP contribution >= 0.6 is 0 Å². The van der Waals surface area contributed by atoms with Gasteiger partial charge in [0.25, 0.3) is 5.91 Å². The number of aromatic nitrogens is 3. The fourth-order valence-electron chi connectivity index (χ4n) is 2.79. The fraction of sp³-hybridized carbons (Fsp3) is 0.0952. The Morgan fingerprint density at radius 3 is 2.72 bits per heavy atom. The molecule has 1 N–H and O–H groups in total. The molecule has 29 heavy (non-hydrogen) atoms. The van der Waals surface area contributed by atoms with Gasteiger partial charge in [-0.1, -0.05) is 18.2 Å². The van der Waals surface area contributed by atoms with Crippen LogP contribution < -0.4 is 10.1 Å². The van der Waals surface area contributed by atoms with Gasteiger partial charge in [-0.05, 0) is 36.4 Å². The summed E-state index contributed by atoms with van der Waals surface area (Å²) in [6.07, 6.45) is 3.20. The summed E-state index contributed by atoms with van der Waals surface area (Å²) in [5, 5.41) is 10.3. The van der Waals surface area contributed by atoms with E-state index < -0.39 is 5.82 Å². The van der Waals surface area contributed by atoms with E-state index in [1.54, 1.807) is 40.9 Å². The molecule has 0 aliphatic heterocycles. The highest BCUT2D eigenvalue weighted by atomic mass is 19.1. The van der Waals surface area contributed by atoms with Crippen molar-refractivity contribution in [2.24, 2.45) is 0 Å². The topological polar surface area (TPSA) is 68.5 Å². The summed E-state index contributed by atoms with van der Waals surface area (Å²) in [5.41, 5.74) is 1.58. The van der Waals surface area contributed by atoms with Crippen molar-refractivity contribution in [3.8, 4) is 5.75 Å². The van der Waals surface area contributed by atoms with Gasteiger partial charge in [-0.25, -0.2) is 8.78 Å². The first-order chi connectivity index (χ1) is 14.1. The quantitative estimate of drug-likeness (QED) is 0.543. The number of halogens is 2. The normalized spacial score (nSPS) is 10.8. The van der Waals surface area contributed by atoms with Crippen molar-refractivity contribution >= 4 is 11.6 Å². The Balaban J connectivity index is 1.42. The molecule has 0 fully saturated rings. The number of carbonyl (C=O) groups is 1. The molecule has 0 spiro atoms. The lowest BCUT2D eigenvalue weighted by atomic mass is 10.2. The molecule has 2 aromatic carbocycles. The minimum Gasteiger partial charge on any atom is -0.489 e. The third kappa shape index (κ3) is 4.21. The van der Waals surface area contributed by atoms with Crippen molar-refractivity contribution in [1.82, 2.24) is 19.9 Å². The monoisotopic (exact) mass is 394 g/mol. The van der Waals surface area contributed by atoms with Crippen LogP contribution in [0.1, 0.15) is 21.5 Å². The summed E-state index contributed by atoms with van der Waals surface area (Å²) in [7, 11) is 0. The number of amides is 1. The molecule has 146 valence electrons. The first kappa shape index (κ1) is 18.5. The molecule has 0 unspecified atom stereocenters. The number of rotatable bonds is 6. The minimum absolute atomic E-state index is 0.0163. The molecular formula is C21H16F2N4O2. The van der Waals surface area contributed by atoms with E-state index in [1.165, 1.54) is 30.6 Å². The number of hydrogen-bond acceptors (Lipinski definition) is 4. The van der Waals surface area contributed by atoms with Crippen LogP contribution in [0.15, 0.2) is 67.1 Å². The predicted molar refractivity (Wildman–Crippen MR) is 101 cm³/mol. The average Bonchev–Trinajstić information content (AvgIpc) is 3.21. The summed E-state index contributed by atoms with van der Waals surface area (Å²) >= 11 is 0. The number of ether oxygens (including phenoxy) is 1. The van der Waals surface area contributed by atoms with Crippen LogP contribution in [0.25, 0.3) is 5.65 Å². The number of nitrogens with one attached hydrogen (secondary N) is 1. The zero-order chi connectivity index (χ0) is 20.2. The Hall–Kier alpha value is -3.81. The van der Waals surface area contributed by atoms with Gasteiger partial charge in [0, 0.05) is 29.4 Å². The first-order valence-corrected chi connectivity index (χ1v) is 8.82. The maximum absolute atomic E-state index is 14.1. The largest absolute Gasteiger partial charge is 0.489 e. The summed E-state index contributed by atoms with van der Waals surface area (Å²) in [5.74, 6) is -0.834. The summed E-state index contributed by atoms with van der Waals surface area (Å²) < 4.78 is 35.0. The maximum Gasteiger partial charge on any atom is 0.251 e. The van der Waals surface area contributed by atoms with Crippen LogP contribution in [-0.2, 0) is 13.2 Å². The molecule has 0 atom stereocenters. The van der Waals surface area contributed by atoms with Crippen molar-refractivity contribution in [2.75, 3.05) is 0 Å². The summed E-state index contributed by atoms with van der Waals surface area (Å²) in [6.45, 7) is -0.0120. The number of nitrogens with zero attached hydrogens (tertiary/aromatic N) is 3.